The fourth-order valence-corrected chi connectivity index (χ4v) is 0.485. The van der Waals surface area contributed by atoms with Crippen molar-refractivity contribution in [3.05, 3.63) is 0 Å². The van der Waals surface area contributed by atoms with Crippen molar-refractivity contribution in [2.24, 2.45) is 0 Å². The van der Waals surface area contributed by atoms with Gasteiger partial charge in [-0.2, -0.15) is 0 Å². The van der Waals surface area contributed by atoms with Crippen LogP contribution in [0.4, 0.5) is 0 Å². The molecule has 0 aliphatic rings. The Kier molecular flexibility index (Phi) is 24.7. The minimum atomic E-state index is -4.75. The molecule has 0 spiro atoms. The molecule has 3 N–H and O–H groups in total. The summed E-state index contributed by atoms with van der Waals surface area (Å²) >= 11 is 0. The van der Waals surface area contributed by atoms with Gasteiger partial charge in [-0.05, 0) is 0 Å². The second kappa shape index (κ2) is 12.2. The number of phosphoric ester groups is 1. The van der Waals surface area contributed by atoms with E-state index in [0.717, 1.165) is 0 Å². The summed E-state index contributed by atoms with van der Waals surface area (Å²) < 4.78 is 13.1. The van der Waals surface area contributed by atoms with Crippen molar-refractivity contribution >= 4 is 89.3 Å². The third kappa shape index (κ3) is 18.8. The summed E-state index contributed by atoms with van der Waals surface area (Å²) in [7, 11) is -4.75. The molecule has 0 rings (SSSR count). The number of hydrogen-bond donors (Lipinski definition) is 3. The Balaban J connectivity index is -0.0000000114. The molecule has 0 aromatic rings. The second-order valence-electron chi connectivity index (χ2n) is 1.11. The van der Waals surface area contributed by atoms with Crippen molar-refractivity contribution < 1.29 is 65.5 Å². The molecule has 6 nitrogen and oxygen atoms in total. The van der Waals surface area contributed by atoms with E-state index < -0.39 is 20.4 Å². The first kappa shape index (κ1) is 24.4. The Morgan fingerprint density at radius 2 is 1.75 bits per heavy atom. The summed E-state index contributed by atoms with van der Waals surface area (Å²) in [6.07, 6.45) is 0. The number of rotatable bonds is 2. The molecular weight excluding hydrogens is 254 g/mol. The monoisotopic (exact) mass is 264 g/mol. The first-order valence-electron chi connectivity index (χ1n) is 1.84. The van der Waals surface area contributed by atoms with E-state index in [0.29, 0.717) is 0 Å². The molecule has 0 saturated heterocycles. The third-order valence-corrected chi connectivity index (χ3v) is 0.791. The van der Waals surface area contributed by atoms with E-state index >= 15 is 0 Å². The van der Waals surface area contributed by atoms with Crippen LogP contribution in [-0.2, 0) is 13.9 Å². The molecule has 0 aromatic carbocycles. The van der Waals surface area contributed by atoms with Crippen molar-refractivity contribution in [2.75, 3.05) is 6.61 Å². The molecule has 12 heavy (non-hydrogen) atoms. The smallest absolute Gasteiger partial charge is 1.00 e. The summed E-state index contributed by atoms with van der Waals surface area (Å²) in [5.74, 6) is -1.34. The zero-order valence-corrected chi connectivity index (χ0v) is 13.9. The maximum atomic E-state index is 9.86. The Hall–Kier alpha value is 3.10. The van der Waals surface area contributed by atoms with E-state index in [2.05, 4.69) is 4.52 Å². The molecule has 0 aliphatic heterocycles. The maximum absolute atomic E-state index is 9.86. The summed E-state index contributed by atoms with van der Waals surface area (Å²) in [6.45, 7) is -1.04. The number of hydrogen-bond acceptors (Lipinski definition) is 4. The molecule has 0 bridgehead atoms. The number of carbonyl (C=O) groups is 1. The topological polar surface area (TPSA) is 104 Å². The summed E-state index contributed by atoms with van der Waals surface area (Å²) in [6, 6.07) is 0. The average Bonchev–Trinajstić information content (AvgIpc) is 1.62. The van der Waals surface area contributed by atoms with Crippen LogP contribution in [-0.4, -0.2) is 103 Å². The zero-order valence-electron chi connectivity index (χ0n) is 11.6. The van der Waals surface area contributed by atoms with Gasteiger partial charge >= 0.3 is 119 Å². The molecular formula is C2H10Ca2NaO6P. The van der Waals surface area contributed by atoms with Crippen LogP contribution in [0.25, 0.3) is 0 Å². The van der Waals surface area contributed by atoms with Gasteiger partial charge in [0.25, 0.3) is 0 Å². The number of aliphatic hydroxyl groups excluding tert-OH is 1. The van der Waals surface area contributed by atoms with Crippen LogP contribution in [0, 0.1) is 0 Å². The van der Waals surface area contributed by atoms with E-state index in [4.69, 9.17) is 14.9 Å². The fourth-order valence-electron chi connectivity index (χ4n) is 0.162. The zero-order chi connectivity index (χ0) is 7.49. The standard InChI is InChI=1S/C2H5O6P.2Ca.Na.5H/c3-1-2(4)8-9(5,6)7;;;;;;;;/h3H,1H2,(H2,5,6,7);;;;;;;;/q;2*+2;+1;5*-1. The van der Waals surface area contributed by atoms with Crippen LogP contribution in [0.15, 0.2) is 0 Å². The first-order valence-corrected chi connectivity index (χ1v) is 3.37. The molecule has 0 fully saturated rings. The fraction of sp³-hybridized carbons (Fsp3) is 0.500. The summed E-state index contributed by atoms with van der Waals surface area (Å²) in [4.78, 5) is 25.6. The van der Waals surface area contributed by atoms with Crippen molar-refractivity contribution in [1.29, 1.82) is 0 Å². The maximum Gasteiger partial charge on any atom is 2.00 e. The van der Waals surface area contributed by atoms with Gasteiger partial charge in [0.2, 0.25) is 0 Å². The van der Waals surface area contributed by atoms with Crippen LogP contribution in [0.5, 0.6) is 0 Å². The van der Waals surface area contributed by atoms with Gasteiger partial charge in [-0.25, -0.2) is 9.36 Å². The molecule has 0 radical (unpaired) electrons. The van der Waals surface area contributed by atoms with Gasteiger partial charge in [0.05, 0.1) is 0 Å². The molecule has 0 aliphatic carbocycles. The van der Waals surface area contributed by atoms with E-state index in [1.165, 1.54) is 0 Å². The largest absolute Gasteiger partial charge is 2.00 e. The molecule has 0 heterocycles. The van der Waals surface area contributed by atoms with E-state index in [9.17, 15) is 9.36 Å². The Labute approximate surface area is 158 Å². The second-order valence-corrected chi connectivity index (χ2v) is 2.28. The Morgan fingerprint density at radius 1 is 1.42 bits per heavy atom. The molecule has 0 aromatic heterocycles. The Morgan fingerprint density at radius 3 is 1.83 bits per heavy atom. The van der Waals surface area contributed by atoms with Crippen molar-refractivity contribution in [3.63, 3.8) is 0 Å². The van der Waals surface area contributed by atoms with Gasteiger partial charge in [-0.15, -0.1) is 0 Å². The SMILES string of the molecule is O=C(CO)OP(=O)(O)O.[Ca+2].[Ca+2].[H-].[H-].[H-].[H-].[H-].[Na+]. The van der Waals surface area contributed by atoms with Gasteiger partial charge in [-0.3, -0.25) is 9.79 Å². The number of carbonyl (C=O) groups excluding carboxylic acids is 1. The predicted molar refractivity (Wildman–Crippen MR) is 42.3 cm³/mol. The third-order valence-electron chi connectivity index (χ3n) is 0.350. The quantitative estimate of drug-likeness (QED) is 0.342. The average molecular weight is 264 g/mol. The predicted octanol–water partition coefficient (Wildman–Crippen LogP) is -4.58. The normalized spacial score (nSPS) is 8.25. The van der Waals surface area contributed by atoms with Gasteiger partial charge < -0.3 is 16.8 Å². The van der Waals surface area contributed by atoms with Crippen molar-refractivity contribution in [2.45, 2.75) is 0 Å². The van der Waals surface area contributed by atoms with Crippen LogP contribution in [0.3, 0.4) is 0 Å². The minimum absolute atomic E-state index is 0. The number of aliphatic hydroxyl groups is 1. The van der Waals surface area contributed by atoms with Crippen LogP contribution < -0.4 is 29.6 Å². The molecule has 0 atom stereocenters. The minimum Gasteiger partial charge on any atom is -1.00 e. The molecule has 0 saturated carbocycles. The van der Waals surface area contributed by atoms with Crippen molar-refractivity contribution in [3.8, 4) is 0 Å². The van der Waals surface area contributed by atoms with Gasteiger partial charge in [0.1, 0.15) is 6.61 Å². The van der Waals surface area contributed by atoms with E-state index in [1.807, 2.05) is 0 Å². The first-order chi connectivity index (χ1) is 3.95. The van der Waals surface area contributed by atoms with Gasteiger partial charge in [0.15, 0.2) is 0 Å². The molecule has 64 valence electrons. The molecule has 10 heteroatoms. The Bertz CT molecular complexity index is 172. The summed E-state index contributed by atoms with van der Waals surface area (Å²) in [5, 5.41) is 7.88. The van der Waals surface area contributed by atoms with Crippen LogP contribution in [0.1, 0.15) is 7.13 Å². The van der Waals surface area contributed by atoms with Gasteiger partial charge in [0, 0.05) is 0 Å². The number of phosphoric acid groups is 1. The van der Waals surface area contributed by atoms with Crippen molar-refractivity contribution in [1.82, 2.24) is 0 Å². The van der Waals surface area contributed by atoms with E-state index in [-0.39, 0.29) is 112 Å². The van der Waals surface area contributed by atoms with E-state index in [1.54, 1.807) is 0 Å². The van der Waals surface area contributed by atoms with Gasteiger partial charge in [-0.1, -0.05) is 0 Å². The van der Waals surface area contributed by atoms with Crippen LogP contribution in [0.2, 0.25) is 0 Å². The summed E-state index contributed by atoms with van der Waals surface area (Å²) in [5.41, 5.74) is 0. The van der Waals surface area contributed by atoms with Crippen LogP contribution >= 0.6 is 7.82 Å². The molecule has 0 amide bonds. The molecule has 0 unspecified atom stereocenters.